The van der Waals surface area contributed by atoms with Crippen molar-refractivity contribution in [1.82, 2.24) is 24.7 Å². The van der Waals surface area contributed by atoms with Crippen LogP contribution in [0.1, 0.15) is 37.9 Å². The van der Waals surface area contributed by atoms with Crippen LogP contribution < -0.4 is 0 Å². The van der Waals surface area contributed by atoms with Crippen LogP contribution in [0.5, 0.6) is 0 Å². The van der Waals surface area contributed by atoms with Gasteiger partial charge >= 0.3 is 0 Å². The molecule has 0 aliphatic heterocycles. The number of aromatic nitrogens is 5. The molecule has 0 fully saturated rings. The van der Waals surface area contributed by atoms with Crippen LogP contribution in [0.2, 0.25) is 0 Å². The lowest BCUT2D eigenvalue weighted by atomic mass is 10.00. The molecule has 8 heteroatoms. The Bertz CT molecular complexity index is 1110. The molecule has 0 amide bonds. The summed E-state index contributed by atoms with van der Waals surface area (Å²) in [5, 5.41) is 17.6. The molecule has 1 atom stereocenters. The lowest BCUT2D eigenvalue weighted by Crippen LogP contribution is -2.26. The Balaban J connectivity index is 1.67. The van der Waals surface area contributed by atoms with Crippen LogP contribution in [0.25, 0.3) is 28.1 Å². The van der Waals surface area contributed by atoms with Crippen molar-refractivity contribution >= 4 is 11.0 Å². The summed E-state index contributed by atoms with van der Waals surface area (Å²) in [5.74, 6) is -2.53. The van der Waals surface area contributed by atoms with E-state index in [9.17, 15) is 13.9 Å². The van der Waals surface area contributed by atoms with Crippen LogP contribution in [0.3, 0.4) is 0 Å². The van der Waals surface area contributed by atoms with E-state index in [4.69, 9.17) is 0 Å². The fourth-order valence-electron chi connectivity index (χ4n) is 3.34. The number of rotatable bonds is 7. The van der Waals surface area contributed by atoms with Crippen LogP contribution in [-0.2, 0) is 0 Å². The number of pyridine rings is 1. The Hall–Kier alpha value is -3.13. The van der Waals surface area contributed by atoms with Gasteiger partial charge < -0.3 is 9.67 Å². The highest BCUT2D eigenvalue weighted by Gasteiger charge is 2.38. The zero-order valence-corrected chi connectivity index (χ0v) is 15.9. The van der Waals surface area contributed by atoms with E-state index in [1.54, 1.807) is 12.1 Å². The van der Waals surface area contributed by atoms with Crippen LogP contribution in [0, 0.1) is 0 Å². The van der Waals surface area contributed by atoms with E-state index < -0.39 is 12.0 Å². The van der Waals surface area contributed by atoms with Crippen molar-refractivity contribution in [3.8, 4) is 17.1 Å². The van der Waals surface area contributed by atoms with Gasteiger partial charge in [0.15, 0.2) is 5.82 Å². The minimum atomic E-state index is -3.18. The molecule has 0 spiro atoms. The van der Waals surface area contributed by atoms with Gasteiger partial charge in [0.1, 0.15) is 18.1 Å². The van der Waals surface area contributed by atoms with E-state index in [2.05, 4.69) is 20.2 Å². The average Bonchev–Trinajstić information content (AvgIpc) is 3.41. The lowest BCUT2D eigenvalue weighted by molar-refractivity contribution is -0.117. The Morgan fingerprint density at radius 2 is 2.07 bits per heavy atom. The number of unbranched alkanes of at least 4 members (excludes halogenated alkanes) is 1. The topological polar surface area (TPSA) is 79.6 Å². The molecule has 0 bridgehead atoms. The smallest absolute Gasteiger partial charge is 0.277 e. The van der Waals surface area contributed by atoms with Gasteiger partial charge in [-0.2, -0.15) is 5.10 Å². The third kappa shape index (κ3) is 3.75. The van der Waals surface area contributed by atoms with E-state index in [-0.39, 0.29) is 12.0 Å². The maximum Gasteiger partial charge on any atom is 0.277 e. The van der Waals surface area contributed by atoms with Gasteiger partial charge in [-0.3, -0.25) is 5.10 Å². The molecule has 6 nitrogen and oxygen atoms in total. The number of nitrogens with zero attached hydrogens (tertiary/aromatic N) is 4. The first-order chi connectivity index (χ1) is 14.0. The minimum absolute atomic E-state index is 0.117. The molecular formula is C21H21F2N5O. The number of aromatic amines is 1. The summed E-state index contributed by atoms with van der Waals surface area (Å²) in [5.41, 5.74) is 2.45. The fraction of sp³-hybridized carbons (Fsp3) is 0.286. The summed E-state index contributed by atoms with van der Waals surface area (Å²) in [6.07, 6.45) is 3.37. The van der Waals surface area contributed by atoms with E-state index in [1.165, 1.54) is 12.5 Å². The summed E-state index contributed by atoms with van der Waals surface area (Å²) < 4.78 is 30.3. The fourth-order valence-corrected chi connectivity index (χ4v) is 3.34. The first kappa shape index (κ1) is 19.2. The van der Waals surface area contributed by atoms with E-state index >= 15 is 0 Å². The van der Waals surface area contributed by atoms with Crippen molar-refractivity contribution in [2.75, 3.05) is 0 Å². The summed E-state index contributed by atoms with van der Waals surface area (Å²) in [6.45, 7) is 1.84. The van der Waals surface area contributed by atoms with Crippen molar-refractivity contribution in [2.45, 2.75) is 38.2 Å². The average molecular weight is 397 g/mol. The molecule has 1 aromatic carbocycles. The van der Waals surface area contributed by atoms with Gasteiger partial charge in [0.2, 0.25) is 0 Å². The summed E-state index contributed by atoms with van der Waals surface area (Å²) in [6, 6.07) is 11.0. The number of halogens is 2. The quantitative estimate of drug-likeness (QED) is 0.475. The first-order valence-electron chi connectivity index (χ1n) is 9.48. The van der Waals surface area contributed by atoms with Gasteiger partial charge in [-0.15, -0.1) is 0 Å². The number of H-pyrrole nitrogens is 1. The number of hydrogen-bond acceptors (Lipinski definition) is 4. The van der Waals surface area contributed by atoms with Gasteiger partial charge in [0.05, 0.1) is 0 Å². The SMILES string of the molecule is CCCCC(F)(F)[C@H](O)c1cnc2c(ccn2-c2cccc(-c3ncn[nH]3)c2)c1. The zero-order chi connectivity index (χ0) is 20.4. The van der Waals surface area contributed by atoms with Crippen LogP contribution in [0.4, 0.5) is 8.78 Å². The predicted octanol–water partition coefficient (Wildman–Crippen LogP) is 4.67. The molecule has 3 aromatic heterocycles. The number of hydrogen-bond donors (Lipinski definition) is 2. The molecule has 29 heavy (non-hydrogen) atoms. The summed E-state index contributed by atoms with van der Waals surface area (Å²) >= 11 is 0. The maximum atomic E-state index is 14.2. The molecule has 4 rings (SSSR count). The Morgan fingerprint density at radius 3 is 2.83 bits per heavy atom. The van der Waals surface area contributed by atoms with Crippen LogP contribution >= 0.6 is 0 Å². The summed E-state index contributed by atoms with van der Waals surface area (Å²) in [7, 11) is 0. The Morgan fingerprint density at radius 1 is 1.21 bits per heavy atom. The largest absolute Gasteiger partial charge is 0.382 e. The lowest BCUT2D eigenvalue weighted by Gasteiger charge is -2.22. The molecule has 3 heterocycles. The predicted molar refractivity (Wildman–Crippen MR) is 106 cm³/mol. The zero-order valence-electron chi connectivity index (χ0n) is 15.9. The number of aliphatic hydroxyl groups is 1. The molecule has 0 unspecified atom stereocenters. The molecule has 2 N–H and O–H groups in total. The van der Waals surface area contributed by atoms with Gasteiger partial charge in [-0.05, 0) is 30.7 Å². The number of fused-ring (bicyclic) bond motifs is 1. The van der Waals surface area contributed by atoms with Gasteiger partial charge in [-0.1, -0.05) is 25.5 Å². The monoisotopic (exact) mass is 397 g/mol. The van der Waals surface area contributed by atoms with Crippen LogP contribution in [-0.4, -0.2) is 35.8 Å². The Kier molecular flexibility index (Phi) is 5.10. The second kappa shape index (κ2) is 7.71. The second-order valence-electron chi connectivity index (χ2n) is 7.02. The first-order valence-corrected chi connectivity index (χ1v) is 9.48. The van der Waals surface area contributed by atoms with E-state index in [0.29, 0.717) is 29.7 Å². The number of aliphatic hydroxyl groups excluding tert-OH is 1. The molecular weight excluding hydrogens is 376 g/mol. The van der Waals surface area contributed by atoms with Gasteiger partial charge in [0.25, 0.3) is 5.92 Å². The van der Waals surface area contributed by atoms with Crippen LogP contribution in [0.15, 0.2) is 55.1 Å². The molecule has 0 radical (unpaired) electrons. The van der Waals surface area contributed by atoms with Crippen molar-refractivity contribution in [3.63, 3.8) is 0 Å². The van der Waals surface area contributed by atoms with Crippen molar-refractivity contribution < 1.29 is 13.9 Å². The third-order valence-corrected chi connectivity index (χ3v) is 4.94. The third-order valence-electron chi connectivity index (χ3n) is 4.94. The normalized spacial score (nSPS) is 13.1. The maximum absolute atomic E-state index is 14.2. The standard InChI is InChI=1S/C21H21F2N5O/c1-2-3-8-21(22,23)18(29)16-10-15-7-9-28(20(15)24-12-16)17-6-4-5-14(11-17)19-25-13-26-27-19/h4-7,9-13,18,29H,2-3,8H2,1H3,(H,25,26,27)/t18-/m1/s1. The summed E-state index contributed by atoms with van der Waals surface area (Å²) in [4.78, 5) is 8.51. The highest BCUT2D eigenvalue weighted by Crippen LogP contribution is 2.36. The molecule has 150 valence electrons. The number of benzene rings is 1. The molecule has 0 aliphatic carbocycles. The minimum Gasteiger partial charge on any atom is -0.382 e. The Labute approximate surface area is 166 Å². The highest BCUT2D eigenvalue weighted by atomic mass is 19.3. The van der Waals surface area contributed by atoms with Crippen molar-refractivity contribution in [2.24, 2.45) is 0 Å². The highest BCUT2D eigenvalue weighted by molar-refractivity contribution is 5.79. The van der Waals surface area contributed by atoms with E-state index in [1.807, 2.05) is 42.0 Å². The van der Waals surface area contributed by atoms with Gasteiger partial charge in [-0.25, -0.2) is 18.7 Å². The molecule has 4 aromatic rings. The van der Waals surface area contributed by atoms with Gasteiger partial charge in [0, 0.05) is 41.0 Å². The second-order valence-corrected chi connectivity index (χ2v) is 7.02. The molecule has 0 saturated heterocycles. The van der Waals surface area contributed by atoms with Crippen molar-refractivity contribution in [3.05, 3.63) is 60.7 Å². The molecule has 0 saturated carbocycles. The number of alkyl halides is 2. The van der Waals surface area contributed by atoms with E-state index in [0.717, 1.165) is 11.3 Å². The number of nitrogens with one attached hydrogen (secondary N) is 1. The molecule has 0 aliphatic rings. The van der Waals surface area contributed by atoms with Crippen molar-refractivity contribution in [1.29, 1.82) is 0 Å².